The number of nitrogens with two attached hydrogens (primary N) is 1. The maximum absolute atomic E-state index is 6.56. The maximum atomic E-state index is 6.56. The van der Waals surface area contributed by atoms with Crippen molar-refractivity contribution in [3.63, 3.8) is 0 Å². The molecular formula is C13H20BrNS. The quantitative estimate of drug-likeness (QED) is 0.882. The van der Waals surface area contributed by atoms with Crippen LogP contribution >= 0.6 is 27.3 Å². The minimum Gasteiger partial charge on any atom is -0.325 e. The molecule has 1 aromatic rings. The Kier molecular flexibility index (Phi) is 4.09. The predicted molar refractivity (Wildman–Crippen MR) is 74.9 cm³/mol. The molecule has 3 heteroatoms. The van der Waals surface area contributed by atoms with Crippen LogP contribution in [0.2, 0.25) is 0 Å². The fraction of sp³-hybridized carbons (Fsp3) is 0.692. The Morgan fingerprint density at radius 3 is 3.00 bits per heavy atom. The van der Waals surface area contributed by atoms with Crippen LogP contribution in [-0.2, 0) is 6.42 Å². The zero-order chi connectivity index (χ0) is 11.6. The molecule has 1 heterocycles. The van der Waals surface area contributed by atoms with E-state index in [0.717, 1.165) is 12.3 Å². The molecule has 1 fully saturated rings. The van der Waals surface area contributed by atoms with E-state index in [0.29, 0.717) is 0 Å². The molecule has 2 unspecified atom stereocenters. The highest BCUT2D eigenvalue weighted by Gasteiger charge is 2.32. The normalized spacial score (nSPS) is 30.6. The van der Waals surface area contributed by atoms with Crippen LogP contribution in [0.5, 0.6) is 0 Å². The molecule has 0 aliphatic heterocycles. The lowest BCUT2D eigenvalue weighted by Gasteiger charge is -2.37. The van der Waals surface area contributed by atoms with Gasteiger partial charge < -0.3 is 5.73 Å². The van der Waals surface area contributed by atoms with Crippen LogP contribution in [0.25, 0.3) is 0 Å². The molecule has 16 heavy (non-hydrogen) atoms. The fourth-order valence-corrected chi connectivity index (χ4v) is 4.46. The number of hydrogen-bond donors (Lipinski definition) is 1. The van der Waals surface area contributed by atoms with Crippen molar-refractivity contribution in [2.75, 3.05) is 0 Å². The lowest BCUT2D eigenvalue weighted by atomic mass is 9.73. The van der Waals surface area contributed by atoms with Crippen molar-refractivity contribution in [3.8, 4) is 0 Å². The van der Waals surface area contributed by atoms with Crippen LogP contribution in [-0.4, -0.2) is 5.54 Å². The molecule has 0 saturated heterocycles. The summed E-state index contributed by atoms with van der Waals surface area (Å²) in [5.74, 6) is 0.849. The van der Waals surface area contributed by atoms with Gasteiger partial charge in [-0.2, -0.15) is 0 Å². The zero-order valence-electron chi connectivity index (χ0n) is 9.84. The van der Waals surface area contributed by atoms with Crippen molar-refractivity contribution in [2.45, 2.75) is 51.0 Å². The number of hydrogen-bond acceptors (Lipinski definition) is 2. The first-order valence-corrected chi connectivity index (χ1v) is 7.75. The highest BCUT2D eigenvalue weighted by Crippen LogP contribution is 2.36. The number of thiophene rings is 1. The van der Waals surface area contributed by atoms with Crippen LogP contribution in [0, 0.1) is 5.92 Å². The summed E-state index contributed by atoms with van der Waals surface area (Å²) in [4.78, 5) is 1.42. The molecule has 0 bridgehead atoms. The molecule has 2 atom stereocenters. The Morgan fingerprint density at radius 2 is 2.38 bits per heavy atom. The van der Waals surface area contributed by atoms with E-state index < -0.39 is 0 Å². The summed E-state index contributed by atoms with van der Waals surface area (Å²) in [6.07, 6.45) is 7.43. The van der Waals surface area contributed by atoms with Crippen molar-refractivity contribution in [2.24, 2.45) is 11.7 Å². The average Bonchev–Trinajstić information content (AvgIpc) is 2.63. The topological polar surface area (TPSA) is 26.0 Å². The van der Waals surface area contributed by atoms with Crippen molar-refractivity contribution >= 4 is 27.3 Å². The van der Waals surface area contributed by atoms with Crippen LogP contribution < -0.4 is 5.73 Å². The molecule has 0 radical (unpaired) electrons. The molecule has 0 aromatic carbocycles. The van der Waals surface area contributed by atoms with Crippen LogP contribution in [0.4, 0.5) is 0 Å². The van der Waals surface area contributed by atoms with Crippen molar-refractivity contribution < 1.29 is 0 Å². The fourth-order valence-electron chi connectivity index (χ4n) is 2.82. The third-order valence-corrected chi connectivity index (χ3v) is 5.34. The van der Waals surface area contributed by atoms with E-state index in [2.05, 4.69) is 35.0 Å². The molecular weight excluding hydrogens is 282 g/mol. The summed E-state index contributed by atoms with van der Waals surface area (Å²) in [5.41, 5.74) is 6.62. The van der Waals surface area contributed by atoms with Gasteiger partial charge in [0.05, 0.1) is 3.79 Å². The minimum atomic E-state index is 0.0588. The second-order valence-corrected chi connectivity index (χ2v) is 7.66. The Bertz CT molecular complexity index is 349. The second kappa shape index (κ2) is 5.19. The van der Waals surface area contributed by atoms with Gasteiger partial charge in [0, 0.05) is 10.4 Å². The summed E-state index contributed by atoms with van der Waals surface area (Å²) >= 11 is 5.34. The first-order chi connectivity index (χ1) is 7.61. The average molecular weight is 302 g/mol. The van der Waals surface area contributed by atoms with Gasteiger partial charge in [-0.3, -0.25) is 0 Å². The molecule has 2 rings (SSSR count). The van der Waals surface area contributed by atoms with Gasteiger partial charge in [-0.15, -0.1) is 11.3 Å². The Hall–Kier alpha value is 0.140. The molecule has 0 amide bonds. The van der Waals surface area contributed by atoms with Crippen LogP contribution in [0.15, 0.2) is 15.9 Å². The monoisotopic (exact) mass is 301 g/mol. The molecule has 90 valence electrons. The molecule has 1 aromatic heterocycles. The van der Waals surface area contributed by atoms with E-state index >= 15 is 0 Å². The smallest absolute Gasteiger partial charge is 0.0701 e. The van der Waals surface area contributed by atoms with E-state index in [9.17, 15) is 0 Å². The Labute approximate surface area is 111 Å². The third kappa shape index (κ3) is 3.08. The summed E-state index contributed by atoms with van der Waals surface area (Å²) < 4.78 is 1.22. The molecule has 2 N–H and O–H groups in total. The van der Waals surface area contributed by atoms with Crippen molar-refractivity contribution in [1.29, 1.82) is 0 Å². The lowest BCUT2D eigenvalue weighted by molar-refractivity contribution is 0.219. The minimum absolute atomic E-state index is 0.0588. The highest BCUT2D eigenvalue weighted by atomic mass is 79.9. The maximum Gasteiger partial charge on any atom is 0.0701 e. The van der Waals surface area contributed by atoms with Crippen LogP contribution in [0.1, 0.15) is 43.9 Å². The van der Waals surface area contributed by atoms with Gasteiger partial charge in [-0.25, -0.2) is 0 Å². The molecule has 1 saturated carbocycles. The van der Waals surface area contributed by atoms with Gasteiger partial charge in [0.2, 0.25) is 0 Å². The van der Waals surface area contributed by atoms with Crippen molar-refractivity contribution in [1.82, 2.24) is 0 Å². The molecule has 0 spiro atoms. The van der Waals surface area contributed by atoms with E-state index in [4.69, 9.17) is 5.73 Å². The zero-order valence-corrected chi connectivity index (χ0v) is 12.2. The molecule has 1 nitrogen and oxygen atoms in total. The standard InChI is InChI=1S/C13H20BrNS/c1-2-10-4-3-7-13(15,8-10)9-11-5-6-12(14)16-11/h5-6,10H,2-4,7-9,15H2,1H3. The van der Waals surface area contributed by atoms with Crippen molar-refractivity contribution in [3.05, 3.63) is 20.8 Å². The van der Waals surface area contributed by atoms with E-state index in [1.165, 1.54) is 40.8 Å². The number of rotatable bonds is 3. The Morgan fingerprint density at radius 1 is 1.56 bits per heavy atom. The summed E-state index contributed by atoms with van der Waals surface area (Å²) in [6, 6.07) is 4.34. The molecule has 1 aliphatic rings. The van der Waals surface area contributed by atoms with Gasteiger partial charge >= 0.3 is 0 Å². The first-order valence-electron chi connectivity index (χ1n) is 6.14. The van der Waals surface area contributed by atoms with Gasteiger partial charge in [0.25, 0.3) is 0 Å². The first kappa shape index (κ1) is 12.6. The summed E-state index contributed by atoms with van der Waals surface area (Å²) in [6.45, 7) is 2.29. The van der Waals surface area contributed by atoms with E-state index in [1.807, 2.05) is 11.3 Å². The highest BCUT2D eigenvalue weighted by molar-refractivity contribution is 9.11. The third-order valence-electron chi connectivity index (χ3n) is 3.71. The number of halogens is 1. The molecule has 1 aliphatic carbocycles. The van der Waals surface area contributed by atoms with E-state index in [-0.39, 0.29) is 5.54 Å². The lowest BCUT2D eigenvalue weighted by Crippen LogP contribution is -2.46. The van der Waals surface area contributed by atoms with Gasteiger partial charge in [0.1, 0.15) is 0 Å². The second-order valence-electron chi connectivity index (χ2n) is 5.12. The predicted octanol–water partition coefficient (Wildman–Crippen LogP) is 4.35. The SMILES string of the molecule is CCC1CCCC(N)(Cc2ccc(Br)s2)C1. The van der Waals surface area contributed by atoms with Gasteiger partial charge in [0.15, 0.2) is 0 Å². The van der Waals surface area contributed by atoms with E-state index in [1.54, 1.807) is 0 Å². The van der Waals surface area contributed by atoms with Crippen LogP contribution in [0.3, 0.4) is 0 Å². The van der Waals surface area contributed by atoms with Gasteiger partial charge in [-0.05, 0) is 53.2 Å². The summed E-state index contributed by atoms with van der Waals surface area (Å²) in [7, 11) is 0. The summed E-state index contributed by atoms with van der Waals surface area (Å²) in [5, 5.41) is 0. The van der Waals surface area contributed by atoms with Gasteiger partial charge in [-0.1, -0.05) is 26.2 Å². The Balaban J connectivity index is 2.01. The largest absolute Gasteiger partial charge is 0.325 e.